The first-order valence-electron chi connectivity index (χ1n) is 13.4. The normalized spacial score (nSPS) is 13.9. The smallest absolute Gasteiger partial charge is 0.222 e. The van der Waals surface area contributed by atoms with E-state index < -0.39 is 0 Å². The van der Waals surface area contributed by atoms with Crippen molar-refractivity contribution >= 4 is 17.5 Å². The minimum Gasteiger partial charge on any atom is -0.347 e. The van der Waals surface area contributed by atoms with Gasteiger partial charge in [-0.2, -0.15) is 0 Å². The quantitative estimate of drug-likeness (QED) is 0.188. The average molecular weight is 463 g/mol. The Morgan fingerprint density at radius 3 is 1.94 bits per heavy atom. The molecule has 5 nitrogen and oxygen atoms in total. The van der Waals surface area contributed by atoms with E-state index in [0.717, 1.165) is 55.8 Å². The molecule has 1 rings (SSSR count). The maximum Gasteiger partial charge on any atom is 0.222 e. The molecule has 0 spiro atoms. The molecule has 0 saturated heterocycles. The molecule has 0 aliphatic heterocycles. The predicted molar refractivity (Wildman–Crippen MR) is 147 cm³/mol. The molecule has 0 heterocycles. The van der Waals surface area contributed by atoms with Crippen LogP contribution in [0.15, 0.2) is 28.9 Å². The van der Waals surface area contributed by atoms with Crippen molar-refractivity contribution in [2.75, 3.05) is 13.1 Å². The molecule has 0 bridgehead atoms. The molecule has 5 heteroatoms. The molecule has 33 heavy (non-hydrogen) atoms. The summed E-state index contributed by atoms with van der Waals surface area (Å²) in [6.07, 6.45) is 11.6. The lowest BCUT2D eigenvalue weighted by atomic mass is 9.99. The molecule has 192 valence electrons. The fourth-order valence-corrected chi connectivity index (χ4v) is 3.94. The maximum atomic E-state index is 12.6. The Morgan fingerprint density at radius 2 is 1.52 bits per heavy atom. The number of carbonyl (C=O) groups excluding carboxylic acids is 1. The lowest BCUT2D eigenvalue weighted by Crippen LogP contribution is -2.33. The zero-order valence-electron chi connectivity index (χ0n) is 23.1. The van der Waals surface area contributed by atoms with Gasteiger partial charge in [-0.15, -0.1) is 0 Å². The third kappa shape index (κ3) is 14.1. The third-order valence-corrected chi connectivity index (χ3v) is 5.34. The Kier molecular flexibility index (Phi) is 22.1. The van der Waals surface area contributed by atoms with Gasteiger partial charge in [0.05, 0.1) is 6.04 Å². The van der Waals surface area contributed by atoms with Crippen LogP contribution in [0.2, 0.25) is 0 Å². The summed E-state index contributed by atoms with van der Waals surface area (Å²) in [6.45, 7) is 21.6. The van der Waals surface area contributed by atoms with Gasteiger partial charge in [0.25, 0.3) is 0 Å². The first kappa shape index (κ1) is 33.3. The number of rotatable bonds is 11. The van der Waals surface area contributed by atoms with Crippen molar-refractivity contribution in [3.05, 3.63) is 23.9 Å². The van der Waals surface area contributed by atoms with Gasteiger partial charge < -0.3 is 15.6 Å². The molecule has 0 unspecified atom stereocenters. The van der Waals surface area contributed by atoms with Crippen molar-refractivity contribution in [1.29, 1.82) is 5.41 Å². The standard InChI is InChI=1S/C24H42N4O.2C2H6/c1-6-17-28(18-7-2)22(29)16-15-21(25)23(19(4)5)24(26-8-3)27-20-13-11-9-10-12-14-20;2*1-2/h8,20,25H,3,6-7,9-18H2,1-2,4-5H3,(H,26,27);2*1-2H3. The van der Waals surface area contributed by atoms with E-state index in [1.54, 1.807) is 6.20 Å². The fraction of sp³-hybridized carbons (Fsp3) is 0.750. The van der Waals surface area contributed by atoms with Crippen LogP contribution >= 0.6 is 0 Å². The van der Waals surface area contributed by atoms with Gasteiger partial charge in [0.1, 0.15) is 5.84 Å². The van der Waals surface area contributed by atoms with Crippen LogP contribution in [0.5, 0.6) is 0 Å². The van der Waals surface area contributed by atoms with Crippen molar-refractivity contribution in [3.63, 3.8) is 0 Å². The van der Waals surface area contributed by atoms with Crippen LogP contribution in [0.4, 0.5) is 0 Å². The minimum absolute atomic E-state index is 0.144. The molecule has 1 aliphatic carbocycles. The molecule has 0 aromatic heterocycles. The Balaban J connectivity index is 0. The number of carbonyl (C=O) groups is 1. The van der Waals surface area contributed by atoms with E-state index >= 15 is 0 Å². The second-order valence-corrected chi connectivity index (χ2v) is 8.21. The number of amides is 1. The van der Waals surface area contributed by atoms with Crippen LogP contribution in [-0.4, -0.2) is 41.5 Å². The second-order valence-electron chi connectivity index (χ2n) is 8.21. The van der Waals surface area contributed by atoms with E-state index in [2.05, 4.69) is 25.7 Å². The van der Waals surface area contributed by atoms with Crippen LogP contribution in [0.3, 0.4) is 0 Å². The fourth-order valence-electron chi connectivity index (χ4n) is 3.94. The molecule has 0 radical (unpaired) electrons. The summed E-state index contributed by atoms with van der Waals surface area (Å²) >= 11 is 0. The Morgan fingerprint density at radius 1 is 1.00 bits per heavy atom. The summed E-state index contributed by atoms with van der Waals surface area (Å²) in [5.41, 5.74) is 2.36. The molecule has 1 fully saturated rings. The van der Waals surface area contributed by atoms with Crippen molar-refractivity contribution in [2.45, 2.75) is 126 Å². The molecule has 2 N–H and O–H groups in total. The molecular formula is C28H54N4O. The topological polar surface area (TPSA) is 68.5 Å². The Labute approximate surface area is 205 Å². The number of allylic oxidation sites excluding steroid dienone is 1. The molecule has 0 atom stereocenters. The SMILES string of the molecule is C=CNC(=NC1CCCCCC1)C(C(=N)CCC(=O)N(CCC)CCC)=C(C)C.CC.CC. The summed E-state index contributed by atoms with van der Waals surface area (Å²) in [7, 11) is 0. The number of amidine groups is 1. The van der Waals surface area contributed by atoms with Crippen molar-refractivity contribution in [2.24, 2.45) is 4.99 Å². The lowest BCUT2D eigenvalue weighted by Gasteiger charge is -2.22. The molecule has 1 aliphatic rings. The number of hydrogen-bond acceptors (Lipinski definition) is 3. The average Bonchev–Trinajstić information content (AvgIpc) is 3.08. The molecule has 1 saturated carbocycles. The first-order chi connectivity index (χ1) is 15.9. The van der Waals surface area contributed by atoms with Crippen LogP contribution < -0.4 is 5.32 Å². The summed E-state index contributed by atoms with van der Waals surface area (Å²) in [6, 6.07) is 0.299. The zero-order valence-corrected chi connectivity index (χ0v) is 23.1. The van der Waals surface area contributed by atoms with E-state index in [1.165, 1.54) is 25.7 Å². The highest BCUT2D eigenvalue weighted by Crippen LogP contribution is 2.21. The lowest BCUT2D eigenvalue weighted by molar-refractivity contribution is -0.131. The minimum atomic E-state index is 0.144. The van der Waals surface area contributed by atoms with E-state index in [-0.39, 0.29) is 5.91 Å². The summed E-state index contributed by atoms with van der Waals surface area (Å²) < 4.78 is 0. The van der Waals surface area contributed by atoms with Gasteiger partial charge in [-0.05, 0) is 52.2 Å². The zero-order chi connectivity index (χ0) is 25.6. The molecule has 0 aromatic rings. The first-order valence-corrected chi connectivity index (χ1v) is 13.4. The van der Waals surface area contributed by atoms with Crippen LogP contribution in [0.1, 0.15) is 120 Å². The van der Waals surface area contributed by atoms with Gasteiger partial charge in [0.15, 0.2) is 0 Å². The second kappa shape index (κ2) is 21.9. The van der Waals surface area contributed by atoms with Crippen molar-refractivity contribution in [1.82, 2.24) is 10.2 Å². The highest BCUT2D eigenvalue weighted by molar-refractivity contribution is 6.23. The summed E-state index contributed by atoms with van der Waals surface area (Å²) in [5, 5.41) is 11.9. The van der Waals surface area contributed by atoms with Gasteiger partial charge in [-0.3, -0.25) is 9.79 Å². The van der Waals surface area contributed by atoms with Gasteiger partial charge in [0.2, 0.25) is 5.91 Å². The van der Waals surface area contributed by atoms with Crippen LogP contribution in [0.25, 0.3) is 0 Å². The number of nitrogens with zero attached hydrogens (tertiary/aromatic N) is 2. The Bertz CT molecular complexity index is 589. The molecular weight excluding hydrogens is 408 g/mol. The van der Waals surface area contributed by atoms with Gasteiger partial charge >= 0.3 is 0 Å². The van der Waals surface area contributed by atoms with Gasteiger partial charge in [-0.25, -0.2) is 0 Å². The van der Waals surface area contributed by atoms with E-state index in [1.807, 2.05) is 46.4 Å². The number of hydrogen-bond donors (Lipinski definition) is 2. The van der Waals surface area contributed by atoms with Crippen molar-refractivity contribution in [3.8, 4) is 0 Å². The van der Waals surface area contributed by atoms with E-state index in [9.17, 15) is 4.79 Å². The Hall–Kier alpha value is -1.91. The van der Waals surface area contributed by atoms with Crippen molar-refractivity contribution < 1.29 is 4.79 Å². The molecule has 1 amide bonds. The third-order valence-electron chi connectivity index (χ3n) is 5.34. The highest BCUT2D eigenvalue weighted by atomic mass is 16.2. The van der Waals surface area contributed by atoms with Gasteiger partial charge in [-0.1, -0.05) is 79.4 Å². The number of nitrogens with one attached hydrogen (secondary N) is 2. The van der Waals surface area contributed by atoms with E-state index in [4.69, 9.17) is 10.4 Å². The largest absolute Gasteiger partial charge is 0.347 e. The van der Waals surface area contributed by atoms with E-state index in [0.29, 0.717) is 24.6 Å². The predicted octanol–water partition coefficient (Wildman–Crippen LogP) is 7.68. The summed E-state index contributed by atoms with van der Waals surface area (Å²) in [5.74, 6) is 0.883. The molecule has 0 aromatic carbocycles. The monoisotopic (exact) mass is 462 g/mol. The number of aliphatic imine (C=N–C) groups is 1. The maximum absolute atomic E-state index is 12.6. The van der Waals surface area contributed by atoms with Crippen LogP contribution in [0, 0.1) is 5.41 Å². The van der Waals surface area contributed by atoms with Crippen LogP contribution in [-0.2, 0) is 4.79 Å². The van der Waals surface area contributed by atoms with Gasteiger partial charge in [0, 0.05) is 30.8 Å². The summed E-state index contributed by atoms with van der Waals surface area (Å²) in [4.78, 5) is 19.5. The highest BCUT2D eigenvalue weighted by Gasteiger charge is 2.19.